The summed E-state index contributed by atoms with van der Waals surface area (Å²) in [7, 11) is 0. The van der Waals surface area contributed by atoms with Gasteiger partial charge in [-0.2, -0.15) is 0 Å². The average molecular weight is 376 g/mol. The fraction of sp³-hybridized carbons (Fsp3) is 0.300. The maximum Gasteiger partial charge on any atom is 0.344 e. The summed E-state index contributed by atoms with van der Waals surface area (Å²) in [6.07, 6.45) is 0. The zero-order chi connectivity index (χ0) is 19.1. The Morgan fingerprint density at radius 3 is 2.54 bits per heavy atom. The number of hydrogen-bond acceptors (Lipinski definition) is 4. The van der Waals surface area contributed by atoms with E-state index in [1.165, 1.54) is 0 Å². The fourth-order valence-corrected chi connectivity index (χ4v) is 2.58. The molecule has 0 atom stereocenters. The first-order chi connectivity index (χ1) is 12.4. The first-order valence-corrected chi connectivity index (χ1v) is 8.68. The number of carbonyl (C=O) groups excluding carboxylic acids is 2. The molecule has 1 amide bonds. The van der Waals surface area contributed by atoms with Crippen molar-refractivity contribution in [1.82, 2.24) is 0 Å². The number of anilines is 1. The Morgan fingerprint density at radius 2 is 1.85 bits per heavy atom. The van der Waals surface area contributed by atoms with Gasteiger partial charge in [0, 0.05) is 10.7 Å². The highest BCUT2D eigenvalue weighted by Gasteiger charge is 2.14. The summed E-state index contributed by atoms with van der Waals surface area (Å²) in [5, 5.41) is 3.33. The van der Waals surface area contributed by atoms with Crippen molar-refractivity contribution in [3.63, 3.8) is 0 Å². The van der Waals surface area contributed by atoms with E-state index in [0.717, 1.165) is 16.8 Å². The summed E-state index contributed by atoms with van der Waals surface area (Å²) in [6.45, 7) is 5.36. The number of benzene rings is 2. The van der Waals surface area contributed by atoms with Crippen LogP contribution in [-0.4, -0.2) is 25.1 Å². The minimum absolute atomic E-state index is 0.263. The Morgan fingerprint density at radius 1 is 1.12 bits per heavy atom. The Labute approximate surface area is 158 Å². The van der Waals surface area contributed by atoms with Gasteiger partial charge in [-0.1, -0.05) is 49.7 Å². The Hall–Kier alpha value is -2.53. The van der Waals surface area contributed by atoms with Crippen molar-refractivity contribution in [3.8, 4) is 5.75 Å². The molecule has 0 radical (unpaired) electrons. The van der Waals surface area contributed by atoms with Gasteiger partial charge in [0.1, 0.15) is 5.75 Å². The van der Waals surface area contributed by atoms with Gasteiger partial charge in [0.25, 0.3) is 5.91 Å². The second kappa shape index (κ2) is 9.25. The lowest BCUT2D eigenvalue weighted by Gasteiger charge is -2.16. The van der Waals surface area contributed by atoms with Crippen molar-refractivity contribution in [2.24, 2.45) is 0 Å². The average Bonchev–Trinajstić information content (AvgIpc) is 2.59. The van der Waals surface area contributed by atoms with Crippen LogP contribution in [0.2, 0.25) is 5.02 Å². The molecule has 0 spiro atoms. The van der Waals surface area contributed by atoms with E-state index >= 15 is 0 Å². The smallest absolute Gasteiger partial charge is 0.344 e. The summed E-state index contributed by atoms with van der Waals surface area (Å²) in [5.41, 5.74) is 2.76. The van der Waals surface area contributed by atoms with Gasteiger partial charge in [0.15, 0.2) is 13.2 Å². The van der Waals surface area contributed by atoms with E-state index in [-0.39, 0.29) is 19.1 Å². The van der Waals surface area contributed by atoms with Gasteiger partial charge in [-0.3, -0.25) is 4.79 Å². The third kappa shape index (κ3) is 5.77. The number of amides is 1. The topological polar surface area (TPSA) is 64.6 Å². The molecule has 26 heavy (non-hydrogen) atoms. The molecule has 1 N–H and O–H groups in total. The van der Waals surface area contributed by atoms with E-state index in [2.05, 4.69) is 19.2 Å². The number of ether oxygens (including phenoxy) is 2. The maximum absolute atomic E-state index is 12.1. The van der Waals surface area contributed by atoms with E-state index in [0.29, 0.717) is 10.8 Å². The Kier molecular flexibility index (Phi) is 7.04. The van der Waals surface area contributed by atoms with Crippen LogP contribution < -0.4 is 10.1 Å². The van der Waals surface area contributed by atoms with Gasteiger partial charge < -0.3 is 14.8 Å². The molecule has 0 aromatic heterocycles. The second-order valence-electron chi connectivity index (χ2n) is 6.15. The van der Waals surface area contributed by atoms with E-state index in [4.69, 9.17) is 21.1 Å². The number of halogens is 1. The third-order valence-corrected chi connectivity index (χ3v) is 3.94. The van der Waals surface area contributed by atoms with Gasteiger partial charge in [-0.15, -0.1) is 0 Å². The molecule has 2 rings (SSSR count). The number of para-hydroxylation sites is 1. The number of nitrogens with one attached hydrogen (secondary N) is 1. The van der Waals surface area contributed by atoms with Crippen molar-refractivity contribution in [2.75, 3.05) is 18.5 Å². The van der Waals surface area contributed by atoms with Crippen LogP contribution in [0.4, 0.5) is 5.69 Å². The summed E-state index contributed by atoms with van der Waals surface area (Å²) in [6, 6.07) is 12.5. The van der Waals surface area contributed by atoms with Crippen LogP contribution in [0, 0.1) is 6.92 Å². The predicted octanol–water partition coefficient (Wildman–Crippen LogP) is 4.33. The van der Waals surface area contributed by atoms with Gasteiger partial charge >= 0.3 is 5.97 Å². The lowest BCUT2D eigenvalue weighted by Crippen LogP contribution is -2.24. The Balaban J connectivity index is 1.84. The van der Waals surface area contributed by atoms with Crippen LogP contribution in [0.15, 0.2) is 42.5 Å². The number of hydrogen-bond donors (Lipinski definition) is 1. The van der Waals surface area contributed by atoms with Crippen LogP contribution in [0.25, 0.3) is 0 Å². The third-order valence-electron chi connectivity index (χ3n) is 3.71. The number of carbonyl (C=O) groups is 2. The molecule has 0 unspecified atom stereocenters. The molecule has 0 heterocycles. The molecule has 0 aliphatic carbocycles. The summed E-state index contributed by atoms with van der Waals surface area (Å²) in [5.74, 6) is -0.300. The highest BCUT2D eigenvalue weighted by Crippen LogP contribution is 2.27. The minimum atomic E-state index is -0.631. The molecule has 138 valence electrons. The van der Waals surface area contributed by atoms with Crippen LogP contribution in [0.1, 0.15) is 30.9 Å². The summed E-state index contributed by atoms with van der Waals surface area (Å²) < 4.78 is 10.2. The molecular weight excluding hydrogens is 354 g/mol. The molecule has 0 fully saturated rings. The van der Waals surface area contributed by atoms with Crippen molar-refractivity contribution in [2.45, 2.75) is 26.7 Å². The lowest BCUT2D eigenvalue weighted by atomic mass is 9.98. The number of rotatable bonds is 7. The van der Waals surface area contributed by atoms with Crippen LogP contribution in [-0.2, 0) is 14.3 Å². The number of aryl methyl sites for hydroxylation is 1. The Bertz CT molecular complexity index is 789. The first kappa shape index (κ1) is 19.8. The summed E-state index contributed by atoms with van der Waals surface area (Å²) in [4.78, 5) is 23.9. The molecule has 0 bridgehead atoms. The number of esters is 1. The second-order valence-corrected chi connectivity index (χ2v) is 6.59. The van der Waals surface area contributed by atoms with Crippen LogP contribution in [0.3, 0.4) is 0 Å². The largest absolute Gasteiger partial charge is 0.482 e. The van der Waals surface area contributed by atoms with E-state index in [9.17, 15) is 9.59 Å². The van der Waals surface area contributed by atoms with Crippen LogP contribution in [0.5, 0.6) is 5.75 Å². The molecular formula is C20H22ClNO4. The maximum atomic E-state index is 12.1. The standard InChI is InChI=1S/C20H22ClNO4/c1-13(2)17-9-4-6-14(3)20(17)22-18(23)11-26-19(24)12-25-16-8-5-7-15(21)10-16/h4-10,13H,11-12H2,1-3H3,(H,22,23). The predicted molar refractivity (Wildman–Crippen MR) is 102 cm³/mol. The zero-order valence-electron chi connectivity index (χ0n) is 15.0. The molecule has 6 heteroatoms. The lowest BCUT2D eigenvalue weighted by molar-refractivity contribution is -0.149. The minimum Gasteiger partial charge on any atom is -0.482 e. The molecule has 0 aliphatic heterocycles. The molecule has 0 saturated heterocycles. The molecule has 0 aliphatic rings. The van der Waals surface area contributed by atoms with E-state index in [1.54, 1.807) is 24.3 Å². The van der Waals surface area contributed by atoms with Gasteiger partial charge in [-0.25, -0.2) is 4.79 Å². The molecule has 5 nitrogen and oxygen atoms in total. The SMILES string of the molecule is Cc1cccc(C(C)C)c1NC(=O)COC(=O)COc1cccc(Cl)c1. The van der Waals surface area contributed by atoms with Crippen molar-refractivity contribution < 1.29 is 19.1 Å². The van der Waals surface area contributed by atoms with Crippen molar-refractivity contribution >= 4 is 29.2 Å². The highest BCUT2D eigenvalue weighted by molar-refractivity contribution is 6.30. The quantitative estimate of drug-likeness (QED) is 0.731. The highest BCUT2D eigenvalue weighted by atomic mass is 35.5. The molecule has 0 saturated carbocycles. The van der Waals surface area contributed by atoms with Gasteiger partial charge in [0.05, 0.1) is 0 Å². The van der Waals surface area contributed by atoms with Crippen molar-refractivity contribution in [3.05, 3.63) is 58.6 Å². The normalized spacial score (nSPS) is 10.5. The van der Waals surface area contributed by atoms with E-state index in [1.807, 2.05) is 25.1 Å². The summed E-state index contributed by atoms with van der Waals surface area (Å²) >= 11 is 5.84. The first-order valence-electron chi connectivity index (χ1n) is 8.30. The molecule has 2 aromatic carbocycles. The van der Waals surface area contributed by atoms with Crippen molar-refractivity contribution in [1.29, 1.82) is 0 Å². The molecule has 2 aromatic rings. The fourth-order valence-electron chi connectivity index (χ4n) is 2.40. The van der Waals surface area contributed by atoms with E-state index < -0.39 is 11.9 Å². The van der Waals surface area contributed by atoms with Gasteiger partial charge in [0.2, 0.25) is 0 Å². The van der Waals surface area contributed by atoms with Gasteiger partial charge in [-0.05, 0) is 42.2 Å². The zero-order valence-corrected chi connectivity index (χ0v) is 15.8. The monoisotopic (exact) mass is 375 g/mol. The van der Waals surface area contributed by atoms with Crippen LogP contribution >= 0.6 is 11.6 Å².